The van der Waals surface area contributed by atoms with Crippen LogP contribution in [0, 0.1) is 36.5 Å². The summed E-state index contributed by atoms with van der Waals surface area (Å²) >= 11 is 0. The van der Waals surface area contributed by atoms with Crippen molar-refractivity contribution < 1.29 is 20.1 Å². The molecule has 0 aliphatic heterocycles. The van der Waals surface area contributed by atoms with Crippen LogP contribution in [-0.2, 0) is 71.5 Å². The summed E-state index contributed by atoms with van der Waals surface area (Å²) in [6, 6.07) is 72.0. The van der Waals surface area contributed by atoms with Crippen molar-refractivity contribution in [2.24, 2.45) is 0 Å². The zero-order chi connectivity index (χ0) is 49.1. The summed E-state index contributed by atoms with van der Waals surface area (Å²) in [6.07, 6.45) is 16.6. The van der Waals surface area contributed by atoms with Gasteiger partial charge < -0.3 is 15.0 Å². The van der Waals surface area contributed by atoms with E-state index in [9.17, 15) is 5.26 Å². The maximum absolute atomic E-state index is 9.40. The van der Waals surface area contributed by atoms with E-state index in [-0.39, 0.29) is 20.1 Å². The Hall–Kier alpha value is -7.87. The van der Waals surface area contributed by atoms with Crippen molar-refractivity contribution >= 4 is 0 Å². The van der Waals surface area contributed by atoms with Gasteiger partial charge in [-0.05, 0) is 143 Å². The molecule has 0 saturated heterocycles. The molecule has 3 aromatic heterocycles. The van der Waals surface area contributed by atoms with Crippen molar-refractivity contribution in [3.8, 4) is 84.3 Å². The predicted molar refractivity (Wildman–Crippen MR) is 296 cm³/mol. The Morgan fingerprint density at radius 3 is 1.50 bits per heavy atom. The van der Waals surface area contributed by atoms with Gasteiger partial charge in [-0.25, -0.2) is 0 Å². The molecule has 3 heterocycles. The Kier molecular flexibility index (Phi) is 14.2. The van der Waals surface area contributed by atoms with E-state index in [1.165, 1.54) is 68.5 Å². The summed E-state index contributed by atoms with van der Waals surface area (Å²) < 4.78 is 0. The molecule has 4 nitrogen and oxygen atoms in total. The second kappa shape index (κ2) is 21.7. The van der Waals surface area contributed by atoms with Gasteiger partial charge in [0.2, 0.25) is 0 Å². The third-order valence-corrected chi connectivity index (χ3v) is 14.9. The van der Waals surface area contributed by atoms with E-state index in [0.29, 0.717) is 5.56 Å². The van der Waals surface area contributed by atoms with Gasteiger partial charge in [-0.3, -0.25) is 0 Å². The molecule has 358 valence electrons. The van der Waals surface area contributed by atoms with Crippen LogP contribution in [0.3, 0.4) is 0 Å². The number of fused-ring (bicyclic) bond motifs is 2. The zero-order valence-electron chi connectivity index (χ0n) is 41.5. The first-order valence-electron chi connectivity index (χ1n) is 25.8. The molecule has 0 N–H and O–H groups in total. The molecule has 0 amide bonds. The Labute approximate surface area is 449 Å². The van der Waals surface area contributed by atoms with Gasteiger partial charge >= 0.3 is 20.1 Å². The average molecular weight is 1130 g/mol. The molecule has 10 aromatic rings. The fraction of sp³-hybridized carbons (Fsp3) is 0.159. The van der Waals surface area contributed by atoms with Crippen molar-refractivity contribution in [1.29, 1.82) is 5.26 Å². The molecule has 0 radical (unpaired) electrons. The van der Waals surface area contributed by atoms with Crippen LogP contribution in [0.2, 0.25) is 0 Å². The van der Waals surface area contributed by atoms with Crippen molar-refractivity contribution in [1.82, 2.24) is 15.0 Å². The monoisotopic (exact) mass is 1130 g/mol. The molecule has 74 heavy (non-hydrogen) atoms. The van der Waals surface area contributed by atoms with Gasteiger partial charge in [-0.15, -0.1) is 94.5 Å². The maximum Gasteiger partial charge on any atom is 3.00 e. The fourth-order valence-corrected chi connectivity index (χ4v) is 10.8. The summed E-state index contributed by atoms with van der Waals surface area (Å²) in [6.45, 7) is 2.06. The van der Waals surface area contributed by atoms with Crippen LogP contribution in [0.15, 0.2) is 182 Å². The van der Waals surface area contributed by atoms with Crippen molar-refractivity contribution in [2.45, 2.75) is 71.1 Å². The molecule has 12 rings (SSSR count). The van der Waals surface area contributed by atoms with Crippen molar-refractivity contribution in [3.05, 3.63) is 256 Å². The minimum Gasteiger partial charge on any atom is -0.304 e. The Balaban J connectivity index is 0.00000588. The predicted octanol–water partition coefficient (Wildman–Crippen LogP) is 15.7. The molecular formula is C69H53IrN4. The van der Waals surface area contributed by atoms with Crippen LogP contribution in [0.1, 0.15) is 68.5 Å². The summed E-state index contributed by atoms with van der Waals surface area (Å²) in [5.74, 6) is 0. The van der Waals surface area contributed by atoms with Gasteiger partial charge in [-0.1, -0.05) is 144 Å². The second-order valence-electron chi connectivity index (χ2n) is 19.8. The van der Waals surface area contributed by atoms with Crippen LogP contribution in [0.4, 0.5) is 0 Å². The summed E-state index contributed by atoms with van der Waals surface area (Å²) in [4.78, 5) is 14.4. The zero-order valence-corrected chi connectivity index (χ0v) is 43.9. The number of nitrogens with zero attached hydrogens (tertiary/aromatic N) is 4. The maximum atomic E-state index is 9.40. The Morgan fingerprint density at radius 2 is 0.946 bits per heavy atom. The van der Waals surface area contributed by atoms with Gasteiger partial charge in [0.25, 0.3) is 0 Å². The number of nitriles is 1. The summed E-state index contributed by atoms with van der Waals surface area (Å²) in [5.41, 5.74) is 27.5. The number of rotatable bonds is 13. The van der Waals surface area contributed by atoms with Crippen molar-refractivity contribution in [2.75, 3.05) is 0 Å². The minimum absolute atomic E-state index is 0. The number of aryl methyl sites for hydroxylation is 9. The quantitative estimate of drug-likeness (QED) is 0.108. The standard InChI is InChI=1S/C69H53N4.Ir/c1-46-12-35-67(71-43-46)59-33-34-65(66(39-59)54-31-29-53(30-32-54)52-23-21-49(42-70)22-24-52)64-11-3-2-10-63(64)62-37-50(15-13-47-17-25-55(26-18-47)68-40-57-6-4-8-60(57)44-72-68)36-51(38-62)16-14-48-19-27-56(28-20-48)69-41-58-7-5-9-61(58)45-73-69;/h2-3,10-12,17-25,27,29-32,34-41,43-45H,4-9,13-16H2,1H3;/q-3;+3. The van der Waals surface area contributed by atoms with Crippen molar-refractivity contribution in [3.63, 3.8) is 0 Å². The second-order valence-corrected chi connectivity index (χ2v) is 19.8. The molecule has 2 aliphatic rings. The van der Waals surface area contributed by atoms with E-state index in [1.807, 2.05) is 30.5 Å². The normalized spacial score (nSPS) is 12.4. The largest absolute Gasteiger partial charge is 3.00 e. The summed E-state index contributed by atoms with van der Waals surface area (Å²) in [5, 5.41) is 9.40. The number of hydrogen-bond donors (Lipinski definition) is 0. The van der Waals surface area contributed by atoms with Gasteiger partial charge in [0.15, 0.2) is 0 Å². The van der Waals surface area contributed by atoms with Gasteiger partial charge in [0.1, 0.15) is 0 Å². The van der Waals surface area contributed by atoms with E-state index in [1.54, 1.807) is 0 Å². The van der Waals surface area contributed by atoms with Gasteiger partial charge in [-0.2, -0.15) is 5.26 Å². The third kappa shape index (κ3) is 10.5. The van der Waals surface area contributed by atoms with Crippen LogP contribution >= 0.6 is 0 Å². The molecule has 0 fully saturated rings. The Morgan fingerprint density at radius 1 is 0.419 bits per heavy atom. The number of aromatic nitrogens is 3. The smallest absolute Gasteiger partial charge is 0.304 e. The third-order valence-electron chi connectivity index (χ3n) is 14.9. The van der Waals surface area contributed by atoms with Crippen LogP contribution in [-0.4, -0.2) is 15.0 Å². The first-order chi connectivity index (χ1) is 36.0. The fourth-order valence-electron chi connectivity index (χ4n) is 10.8. The minimum atomic E-state index is 0. The number of pyridine rings is 3. The molecule has 5 heteroatoms. The molecule has 7 aromatic carbocycles. The van der Waals surface area contributed by atoms with Crippen LogP contribution < -0.4 is 0 Å². The SMILES string of the molecule is Cc1ccc(-c2[c-]cc(-c3ccccc3-c3cc(CCc4c[c-]c(-c5cc6c(cn5)CCC6)cc4)cc(CCc4c[c-]c(-c5cc6c(cn5)CCC6)cc4)c3)c(-c3ccc(-c4ccc(C#N)cc4)cc3)c2)nc1.[Ir+3]. The molecule has 0 unspecified atom stereocenters. The van der Waals surface area contributed by atoms with Crippen LogP contribution in [0.5, 0.6) is 0 Å². The van der Waals surface area contributed by atoms with Gasteiger partial charge in [0, 0.05) is 18.6 Å². The molecule has 0 bridgehead atoms. The van der Waals surface area contributed by atoms with Crippen LogP contribution in [0.25, 0.3) is 78.3 Å². The number of benzene rings is 7. The van der Waals surface area contributed by atoms with E-state index in [4.69, 9.17) is 15.0 Å². The first-order valence-corrected chi connectivity index (χ1v) is 25.8. The molecule has 0 saturated carbocycles. The topological polar surface area (TPSA) is 62.5 Å². The first kappa shape index (κ1) is 48.4. The molecule has 0 atom stereocenters. The number of hydrogen-bond acceptors (Lipinski definition) is 4. The average Bonchev–Trinajstić information content (AvgIpc) is 4.14. The Bertz CT molecular complexity index is 3540. The van der Waals surface area contributed by atoms with E-state index in [0.717, 1.165) is 124 Å². The van der Waals surface area contributed by atoms with Gasteiger partial charge in [0.05, 0.1) is 11.6 Å². The van der Waals surface area contributed by atoms with E-state index < -0.39 is 0 Å². The van der Waals surface area contributed by atoms with E-state index >= 15 is 0 Å². The molecule has 2 aliphatic carbocycles. The summed E-state index contributed by atoms with van der Waals surface area (Å²) in [7, 11) is 0. The molecule has 0 spiro atoms. The van der Waals surface area contributed by atoms with E-state index in [2.05, 4.69) is 183 Å². The molecular weight excluding hydrogens is 1080 g/mol.